The molecule has 0 spiro atoms. The van der Waals surface area contributed by atoms with E-state index in [0.717, 1.165) is 21.5 Å². The number of hydrogen-bond donors (Lipinski definition) is 2. The molecular weight excluding hydrogens is 276 g/mol. The van der Waals surface area contributed by atoms with Crippen molar-refractivity contribution in [1.82, 2.24) is 4.98 Å². The molecule has 2 heterocycles. The van der Waals surface area contributed by atoms with Crippen molar-refractivity contribution in [2.24, 2.45) is 0 Å². The second kappa shape index (κ2) is 5.03. The fourth-order valence-electron chi connectivity index (χ4n) is 1.79. The van der Waals surface area contributed by atoms with Gasteiger partial charge in [-0.2, -0.15) is 0 Å². The summed E-state index contributed by atoms with van der Waals surface area (Å²) in [6.07, 6.45) is 1.75. The highest BCUT2D eigenvalue weighted by atomic mass is 32.1. The average molecular weight is 286 g/mol. The summed E-state index contributed by atoms with van der Waals surface area (Å²) in [5, 5.41) is 5.71. The van der Waals surface area contributed by atoms with Crippen LogP contribution in [0.1, 0.15) is 9.67 Å². The highest BCUT2D eigenvalue weighted by Crippen LogP contribution is 2.21. The molecule has 0 saturated heterocycles. The van der Waals surface area contributed by atoms with Crippen molar-refractivity contribution < 1.29 is 4.79 Å². The van der Waals surface area contributed by atoms with Crippen molar-refractivity contribution in [3.05, 3.63) is 52.9 Å². The molecule has 19 heavy (non-hydrogen) atoms. The molecule has 3 nitrogen and oxygen atoms in total. The maximum absolute atomic E-state index is 12.0. The number of rotatable bonds is 2. The Morgan fingerprint density at radius 3 is 2.95 bits per heavy atom. The van der Waals surface area contributed by atoms with Gasteiger partial charge in [0.05, 0.1) is 10.4 Å². The lowest BCUT2D eigenvalue weighted by molar-refractivity contribution is 0.103. The van der Waals surface area contributed by atoms with E-state index in [1.165, 1.54) is 11.3 Å². The van der Waals surface area contributed by atoms with E-state index < -0.39 is 0 Å². The van der Waals surface area contributed by atoms with Gasteiger partial charge >= 0.3 is 0 Å². The second-order valence-electron chi connectivity index (χ2n) is 4.03. The fraction of sp³-hybridized carbons (Fsp3) is 0. The number of benzene rings is 1. The summed E-state index contributed by atoms with van der Waals surface area (Å²) in [6, 6.07) is 11.3. The number of fused-ring (bicyclic) bond motifs is 1. The molecule has 1 N–H and O–H groups in total. The van der Waals surface area contributed by atoms with Crippen LogP contribution in [0.25, 0.3) is 10.9 Å². The first kappa shape index (κ1) is 12.2. The highest BCUT2D eigenvalue weighted by molar-refractivity contribution is 7.80. The van der Waals surface area contributed by atoms with E-state index in [0.29, 0.717) is 4.88 Å². The number of thiol groups is 1. The molecule has 1 amide bonds. The molecule has 0 aliphatic rings. The molecular formula is C14H10N2OS2. The van der Waals surface area contributed by atoms with E-state index in [1.54, 1.807) is 12.3 Å². The van der Waals surface area contributed by atoms with Gasteiger partial charge in [0.2, 0.25) is 0 Å². The van der Waals surface area contributed by atoms with Crippen molar-refractivity contribution in [3.63, 3.8) is 0 Å². The second-order valence-corrected chi connectivity index (χ2v) is 5.46. The van der Waals surface area contributed by atoms with Crippen LogP contribution >= 0.6 is 24.0 Å². The minimum atomic E-state index is -0.117. The van der Waals surface area contributed by atoms with Crippen LogP contribution in [0, 0.1) is 0 Å². The van der Waals surface area contributed by atoms with Crippen LogP contribution in [-0.4, -0.2) is 10.9 Å². The summed E-state index contributed by atoms with van der Waals surface area (Å²) < 4.78 is 0. The summed E-state index contributed by atoms with van der Waals surface area (Å²) in [5.41, 5.74) is 1.67. The third kappa shape index (κ3) is 2.62. The van der Waals surface area contributed by atoms with Gasteiger partial charge in [-0.05, 0) is 30.3 Å². The van der Waals surface area contributed by atoms with E-state index in [-0.39, 0.29) is 5.91 Å². The first-order chi connectivity index (χ1) is 9.22. The number of carbonyl (C=O) groups is 1. The van der Waals surface area contributed by atoms with Crippen LogP contribution in [0.4, 0.5) is 5.69 Å². The molecule has 5 heteroatoms. The summed E-state index contributed by atoms with van der Waals surface area (Å²) >= 11 is 5.58. The van der Waals surface area contributed by atoms with Crippen LogP contribution in [0.15, 0.2) is 52.9 Å². The molecule has 0 saturated carbocycles. The van der Waals surface area contributed by atoms with E-state index in [2.05, 4.69) is 22.9 Å². The Kier molecular flexibility index (Phi) is 3.23. The zero-order chi connectivity index (χ0) is 13.2. The Morgan fingerprint density at radius 1 is 1.26 bits per heavy atom. The highest BCUT2D eigenvalue weighted by Gasteiger charge is 2.08. The maximum Gasteiger partial charge on any atom is 0.265 e. The summed E-state index contributed by atoms with van der Waals surface area (Å²) in [4.78, 5) is 17.7. The summed E-state index contributed by atoms with van der Waals surface area (Å²) in [6.45, 7) is 0. The van der Waals surface area contributed by atoms with Gasteiger partial charge in [-0.3, -0.25) is 9.78 Å². The Balaban J connectivity index is 1.87. The van der Waals surface area contributed by atoms with Crippen molar-refractivity contribution in [3.8, 4) is 0 Å². The van der Waals surface area contributed by atoms with Gasteiger partial charge in [0.25, 0.3) is 5.91 Å². The monoisotopic (exact) mass is 286 g/mol. The number of pyridine rings is 1. The SMILES string of the molecule is O=C(Nc1ccc2ncccc2c1)c1cc(S)cs1. The topological polar surface area (TPSA) is 42.0 Å². The number of carbonyl (C=O) groups excluding carboxylic acids is 1. The number of aromatic nitrogens is 1. The molecule has 2 aromatic heterocycles. The number of amides is 1. The van der Waals surface area contributed by atoms with Crippen LogP contribution in [-0.2, 0) is 0 Å². The quantitative estimate of drug-likeness (QED) is 0.703. The minimum absolute atomic E-state index is 0.117. The van der Waals surface area contributed by atoms with Crippen molar-refractivity contribution in [1.29, 1.82) is 0 Å². The van der Waals surface area contributed by atoms with Crippen molar-refractivity contribution in [2.45, 2.75) is 4.90 Å². The Hall–Kier alpha value is -1.85. The molecule has 1 aromatic carbocycles. The first-order valence-electron chi connectivity index (χ1n) is 5.66. The largest absolute Gasteiger partial charge is 0.321 e. The Bertz CT molecular complexity index is 752. The molecule has 0 unspecified atom stereocenters. The van der Waals surface area contributed by atoms with Gasteiger partial charge in [-0.1, -0.05) is 6.07 Å². The van der Waals surface area contributed by atoms with Crippen molar-refractivity contribution in [2.75, 3.05) is 5.32 Å². The maximum atomic E-state index is 12.0. The molecule has 0 atom stereocenters. The van der Waals surface area contributed by atoms with Gasteiger partial charge in [0.1, 0.15) is 0 Å². The normalized spacial score (nSPS) is 10.6. The van der Waals surface area contributed by atoms with Gasteiger partial charge in [-0.15, -0.1) is 24.0 Å². The van der Waals surface area contributed by atoms with Crippen molar-refractivity contribution >= 4 is 46.5 Å². The van der Waals surface area contributed by atoms with Gasteiger partial charge < -0.3 is 5.32 Å². The van der Waals surface area contributed by atoms with E-state index in [4.69, 9.17) is 0 Å². The first-order valence-corrected chi connectivity index (χ1v) is 6.99. The lowest BCUT2D eigenvalue weighted by Crippen LogP contribution is -2.09. The molecule has 0 bridgehead atoms. The van der Waals surface area contributed by atoms with E-state index in [1.807, 2.05) is 35.7 Å². The molecule has 3 aromatic rings. The van der Waals surface area contributed by atoms with E-state index >= 15 is 0 Å². The van der Waals surface area contributed by atoms with Crippen LogP contribution in [0.5, 0.6) is 0 Å². The number of nitrogens with one attached hydrogen (secondary N) is 1. The molecule has 3 rings (SSSR count). The smallest absolute Gasteiger partial charge is 0.265 e. The standard InChI is InChI=1S/C14H10N2OS2/c17-14(13-7-11(18)8-19-13)16-10-3-4-12-9(6-10)2-1-5-15-12/h1-8,18H,(H,16,17). The lowest BCUT2D eigenvalue weighted by atomic mass is 10.2. The number of thiophene rings is 1. The number of anilines is 1. The van der Waals surface area contributed by atoms with Crippen LogP contribution in [0.2, 0.25) is 0 Å². The Labute approximate surface area is 119 Å². The zero-order valence-corrected chi connectivity index (χ0v) is 11.5. The molecule has 0 aliphatic heterocycles. The molecule has 0 aliphatic carbocycles. The Morgan fingerprint density at radius 2 is 2.16 bits per heavy atom. The van der Waals surface area contributed by atoms with Crippen LogP contribution < -0.4 is 5.32 Å². The predicted molar refractivity (Wildman–Crippen MR) is 81.3 cm³/mol. The third-order valence-electron chi connectivity index (χ3n) is 2.67. The molecule has 0 radical (unpaired) electrons. The number of hydrogen-bond acceptors (Lipinski definition) is 4. The summed E-state index contributed by atoms with van der Waals surface area (Å²) in [5.74, 6) is -0.117. The van der Waals surface area contributed by atoms with E-state index in [9.17, 15) is 4.79 Å². The lowest BCUT2D eigenvalue weighted by Gasteiger charge is -2.04. The van der Waals surface area contributed by atoms with Gasteiger partial charge in [0.15, 0.2) is 0 Å². The minimum Gasteiger partial charge on any atom is -0.321 e. The average Bonchev–Trinajstić information content (AvgIpc) is 2.85. The molecule has 0 fully saturated rings. The predicted octanol–water partition coefficient (Wildman–Crippen LogP) is 3.84. The third-order valence-corrected chi connectivity index (χ3v) is 4.03. The summed E-state index contributed by atoms with van der Waals surface area (Å²) in [7, 11) is 0. The van der Waals surface area contributed by atoms with Gasteiger partial charge in [0, 0.05) is 27.5 Å². The molecule has 94 valence electrons. The number of nitrogens with zero attached hydrogens (tertiary/aromatic N) is 1. The zero-order valence-electron chi connectivity index (χ0n) is 9.83. The van der Waals surface area contributed by atoms with Crippen LogP contribution in [0.3, 0.4) is 0 Å². The fourth-order valence-corrected chi connectivity index (χ4v) is 2.83. The van der Waals surface area contributed by atoms with Gasteiger partial charge in [-0.25, -0.2) is 0 Å².